The van der Waals surface area contributed by atoms with Crippen LogP contribution >= 0.6 is 0 Å². The fourth-order valence-electron chi connectivity index (χ4n) is 2.96. The number of nitrogens with zero attached hydrogens (tertiary/aromatic N) is 2. The fraction of sp³-hybridized carbons (Fsp3) is 0.357. The summed E-state index contributed by atoms with van der Waals surface area (Å²) in [4.78, 5) is 33.0. The van der Waals surface area contributed by atoms with Gasteiger partial charge in [0.2, 0.25) is 0 Å². The van der Waals surface area contributed by atoms with E-state index >= 15 is 0 Å². The molecule has 0 radical (unpaired) electrons. The lowest BCUT2D eigenvalue weighted by atomic mass is 9.83. The molecule has 0 N–H and O–H groups in total. The van der Waals surface area contributed by atoms with Crippen LogP contribution in [0.3, 0.4) is 0 Å². The number of ether oxygens (including phenoxy) is 1. The lowest BCUT2D eigenvalue weighted by molar-refractivity contribution is -0.570. The molecule has 1 aromatic carbocycles. The Morgan fingerprint density at radius 3 is 2.36 bits per heavy atom. The van der Waals surface area contributed by atoms with Gasteiger partial charge in [-0.2, -0.15) is 0 Å². The molecule has 114 valence electrons. The number of ketones is 1. The van der Waals surface area contributed by atoms with Gasteiger partial charge in [0, 0.05) is 25.0 Å². The Labute approximate surface area is 124 Å². The van der Waals surface area contributed by atoms with Crippen LogP contribution in [0.15, 0.2) is 35.6 Å². The minimum Gasteiger partial charge on any atom is -0.433 e. The molecule has 0 unspecified atom stereocenters. The monoisotopic (exact) mass is 304 g/mol. The first-order chi connectivity index (χ1) is 10.5. The molecule has 1 aliphatic heterocycles. The number of allylic oxidation sites excluding steroid dienone is 1. The summed E-state index contributed by atoms with van der Waals surface area (Å²) in [5.74, 6) is -0.561. The molecule has 0 saturated carbocycles. The minimum absolute atomic E-state index is 0.107. The molecule has 1 aliphatic carbocycles. The smallest absolute Gasteiger partial charge is 0.364 e. The highest BCUT2D eigenvalue weighted by Crippen LogP contribution is 2.44. The number of hydrogen-bond acceptors (Lipinski definition) is 6. The van der Waals surface area contributed by atoms with Crippen molar-refractivity contribution in [3.63, 3.8) is 0 Å². The molecular weight excluding hydrogens is 292 g/mol. The first kappa shape index (κ1) is 14.2. The van der Waals surface area contributed by atoms with Gasteiger partial charge in [-0.1, -0.05) is 12.1 Å². The number of rotatable bonds is 3. The number of benzene rings is 1. The van der Waals surface area contributed by atoms with Gasteiger partial charge >= 0.3 is 6.23 Å². The van der Waals surface area contributed by atoms with Crippen LogP contribution < -0.4 is 0 Å². The third kappa shape index (κ3) is 2.22. The highest BCUT2D eigenvalue weighted by Gasteiger charge is 2.48. The largest absolute Gasteiger partial charge is 0.433 e. The van der Waals surface area contributed by atoms with Crippen molar-refractivity contribution in [3.8, 4) is 0 Å². The summed E-state index contributed by atoms with van der Waals surface area (Å²) in [6.07, 6.45) is 0.119. The molecule has 8 nitrogen and oxygen atoms in total. The van der Waals surface area contributed by atoms with E-state index in [1.54, 1.807) is 0 Å². The maximum Gasteiger partial charge on any atom is 0.364 e. The molecule has 0 saturated heterocycles. The van der Waals surface area contributed by atoms with Crippen molar-refractivity contribution in [2.45, 2.75) is 31.4 Å². The van der Waals surface area contributed by atoms with Crippen molar-refractivity contribution in [1.29, 1.82) is 0 Å². The Kier molecular flexibility index (Phi) is 3.36. The number of hydrogen-bond donors (Lipinski definition) is 0. The number of non-ortho nitro benzene ring substituents is 1. The fourth-order valence-corrected chi connectivity index (χ4v) is 2.96. The zero-order valence-corrected chi connectivity index (χ0v) is 11.4. The van der Waals surface area contributed by atoms with Crippen LogP contribution in [0.25, 0.3) is 0 Å². The van der Waals surface area contributed by atoms with E-state index in [1.807, 2.05) is 0 Å². The van der Waals surface area contributed by atoms with E-state index in [9.17, 15) is 25.0 Å². The van der Waals surface area contributed by atoms with Gasteiger partial charge < -0.3 is 4.74 Å². The van der Waals surface area contributed by atoms with Gasteiger partial charge in [0.1, 0.15) is 11.7 Å². The van der Waals surface area contributed by atoms with E-state index in [0.29, 0.717) is 36.2 Å². The molecule has 2 atom stereocenters. The van der Waals surface area contributed by atoms with Crippen molar-refractivity contribution in [1.82, 2.24) is 0 Å². The quantitative estimate of drug-likeness (QED) is 0.625. The number of carbonyl (C=O) groups excluding carboxylic acids is 1. The first-order valence-electron chi connectivity index (χ1n) is 6.80. The van der Waals surface area contributed by atoms with Crippen molar-refractivity contribution < 1.29 is 19.4 Å². The number of carbonyl (C=O) groups is 1. The van der Waals surface area contributed by atoms with Gasteiger partial charge in [0.25, 0.3) is 5.69 Å². The van der Waals surface area contributed by atoms with Gasteiger partial charge in [0.15, 0.2) is 5.78 Å². The Bertz CT molecular complexity index is 694. The lowest BCUT2D eigenvalue weighted by Crippen LogP contribution is -2.27. The molecule has 0 aromatic heterocycles. The van der Waals surface area contributed by atoms with Gasteiger partial charge in [-0.05, 0) is 12.0 Å². The minimum atomic E-state index is -1.35. The van der Waals surface area contributed by atoms with Gasteiger partial charge in [-0.25, -0.2) is 0 Å². The molecule has 3 rings (SSSR count). The van der Waals surface area contributed by atoms with Crippen LogP contribution in [0.4, 0.5) is 5.69 Å². The summed E-state index contributed by atoms with van der Waals surface area (Å²) in [5, 5.41) is 21.9. The second-order valence-corrected chi connectivity index (χ2v) is 5.23. The van der Waals surface area contributed by atoms with Gasteiger partial charge in [-0.15, -0.1) is 0 Å². The zero-order valence-electron chi connectivity index (χ0n) is 11.4. The molecule has 22 heavy (non-hydrogen) atoms. The Morgan fingerprint density at radius 1 is 1.09 bits per heavy atom. The topological polar surface area (TPSA) is 113 Å². The summed E-state index contributed by atoms with van der Waals surface area (Å²) < 4.78 is 5.37. The Morgan fingerprint density at radius 2 is 1.77 bits per heavy atom. The number of nitro benzene ring substituents is 1. The number of Topliss-reactive ketones (excluding diaryl/α,β-unsaturated/α-hetero) is 1. The second-order valence-electron chi connectivity index (χ2n) is 5.23. The van der Waals surface area contributed by atoms with Crippen LogP contribution in [-0.2, 0) is 9.53 Å². The molecular formula is C14H12N2O6. The highest BCUT2D eigenvalue weighted by atomic mass is 16.7. The second kappa shape index (κ2) is 5.21. The summed E-state index contributed by atoms with van der Waals surface area (Å²) in [6.45, 7) is 0. The van der Waals surface area contributed by atoms with Crippen molar-refractivity contribution in [2.75, 3.05) is 0 Å². The normalized spacial score (nSPS) is 23.9. The van der Waals surface area contributed by atoms with E-state index in [0.717, 1.165) is 0 Å². The molecule has 2 aliphatic rings. The third-order valence-corrected chi connectivity index (χ3v) is 3.94. The standard InChI is InChI=1S/C14H12N2O6/c17-10-2-1-3-11-13(10)12(14(22-11)16(20)21)8-4-6-9(7-5-8)15(18)19/h4-7,12,14H,1-3H2/t12-,14+/m0/s1. The maximum absolute atomic E-state index is 12.1. The SMILES string of the molecule is O=C1CCCC2=C1[C@H](c1ccc([N+](=O)[O-])cc1)[C@H]([N+](=O)[O-])O2. The van der Waals surface area contributed by atoms with Gasteiger partial charge in [0.05, 0.1) is 15.4 Å². The van der Waals surface area contributed by atoms with Crippen LogP contribution in [0, 0.1) is 20.2 Å². The van der Waals surface area contributed by atoms with Crippen LogP contribution in [0.1, 0.15) is 30.7 Å². The average molecular weight is 304 g/mol. The Hall–Kier alpha value is -2.77. The van der Waals surface area contributed by atoms with E-state index < -0.39 is 22.0 Å². The summed E-state index contributed by atoms with van der Waals surface area (Å²) in [6, 6.07) is 5.44. The van der Waals surface area contributed by atoms with Crippen molar-refractivity contribution in [2.24, 2.45) is 0 Å². The molecule has 0 fully saturated rings. The van der Waals surface area contributed by atoms with E-state index in [-0.39, 0.29) is 11.5 Å². The first-order valence-corrected chi connectivity index (χ1v) is 6.80. The molecule has 0 amide bonds. The van der Waals surface area contributed by atoms with Crippen LogP contribution in [0.5, 0.6) is 0 Å². The average Bonchev–Trinajstić information content (AvgIpc) is 2.88. The van der Waals surface area contributed by atoms with Crippen LogP contribution in [0.2, 0.25) is 0 Å². The van der Waals surface area contributed by atoms with E-state index in [4.69, 9.17) is 4.74 Å². The molecule has 0 bridgehead atoms. The summed E-state index contributed by atoms with van der Waals surface area (Å²) in [5.41, 5.74) is 0.721. The summed E-state index contributed by atoms with van der Waals surface area (Å²) in [7, 11) is 0. The zero-order chi connectivity index (χ0) is 15.9. The summed E-state index contributed by atoms with van der Waals surface area (Å²) >= 11 is 0. The van der Waals surface area contributed by atoms with Gasteiger partial charge in [-0.3, -0.25) is 25.0 Å². The molecule has 0 spiro atoms. The maximum atomic E-state index is 12.1. The Balaban J connectivity index is 2.03. The van der Waals surface area contributed by atoms with E-state index in [1.165, 1.54) is 24.3 Å². The van der Waals surface area contributed by atoms with E-state index in [2.05, 4.69) is 0 Å². The van der Waals surface area contributed by atoms with Crippen molar-refractivity contribution in [3.05, 3.63) is 61.4 Å². The molecule has 1 heterocycles. The van der Waals surface area contributed by atoms with Crippen molar-refractivity contribution >= 4 is 11.5 Å². The highest BCUT2D eigenvalue weighted by molar-refractivity contribution is 5.98. The van der Waals surface area contributed by atoms with Crippen LogP contribution in [-0.4, -0.2) is 21.9 Å². The molecule has 1 aromatic rings. The number of nitro groups is 2. The predicted molar refractivity (Wildman–Crippen MR) is 73.6 cm³/mol. The predicted octanol–water partition coefficient (Wildman–Crippen LogP) is 2.32. The molecule has 8 heteroatoms. The third-order valence-electron chi connectivity index (χ3n) is 3.94. The lowest BCUT2D eigenvalue weighted by Gasteiger charge is -2.15.